The zero-order valence-corrected chi connectivity index (χ0v) is 41.7. The topological polar surface area (TPSA) is 170 Å². The number of allylic oxidation sites excluding steroid dienone is 2. The van der Waals surface area contributed by atoms with E-state index in [0.717, 1.165) is 87.9 Å². The van der Waals surface area contributed by atoms with Crippen LogP contribution < -0.4 is 11.1 Å². The first-order chi connectivity index (χ1) is 34.7. The van der Waals surface area contributed by atoms with Gasteiger partial charge in [0.15, 0.2) is 0 Å². The van der Waals surface area contributed by atoms with Crippen molar-refractivity contribution in [2.45, 2.75) is 67.7 Å². The second-order valence-corrected chi connectivity index (χ2v) is 16.9. The average Bonchev–Trinajstić information content (AvgIpc) is 3.39. The fourth-order valence-electron chi connectivity index (χ4n) is 6.69. The lowest BCUT2D eigenvalue weighted by atomic mass is 10.0. The average molecular weight is 1010 g/mol. The van der Waals surface area contributed by atoms with Crippen LogP contribution in [-0.2, 0) is 41.6 Å². The second-order valence-electron chi connectivity index (χ2n) is 16.9. The lowest BCUT2D eigenvalue weighted by molar-refractivity contribution is -0.144. The van der Waals surface area contributed by atoms with E-state index in [1.54, 1.807) is 48.6 Å². The number of carbonyl (C=O) groups is 4. The van der Waals surface area contributed by atoms with Gasteiger partial charge in [-0.05, 0) is 107 Å². The van der Waals surface area contributed by atoms with Crippen molar-refractivity contribution in [3.05, 3.63) is 154 Å². The molecule has 2 atom stereocenters. The number of carboxylic acid groups (broad SMARTS) is 1. The molecular formula is C59H77FN4O9. The Morgan fingerprint density at radius 2 is 1.05 bits per heavy atom. The molecule has 2 aliphatic heterocycles. The van der Waals surface area contributed by atoms with Gasteiger partial charge in [-0.25, -0.2) is 9.59 Å². The monoisotopic (exact) mass is 1010 g/mol. The van der Waals surface area contributed by atoms with Gasteiger partial charge in [-0.3, -0.25) is 23.8 Å². The predicted molar refractivity (Wildman–Crippen MR) is 290 cm³/mol. The highest BCUT2D eigenvalue weighted by Crippen LogP contribution is 2.13. The van der Waals surface area contributed by atoms with Crippen molar-refractivity contribution < 1.29 is 49.0 Å². The maximum Gasteiger partial charge on any atom is 0.335 e. The fourth-order valence-corrected chi connectivity index (χ4v) is 6.69. The van der Waals surface area contributed by atoms with Gasteiger partial charge in [0, 0.05) is 56.0 Å². The minimum atomic E-state index is -1.00. The van der Waals surface area contributed by atoms with E-state index in [1.165, 1.54) is 25.3 Å². The molecule has 73 heavy (non-hydrogen) atoms. The number of nitrogens with two attached hydrogens (primary N) is 1. The maximum atomic E-state index is 12.5. The van der Waals surface area contributed by atoms with Gasteiger partial charge in [0.05, 0.1) is 54.7 Å². The van der Waals surface area contributed by atoms with E-state index in [2.05, 4.69) is 67.8 Å². The maximum absolute atomic E-state index is 12.5. The summed E-state index contributed by atoms with van der Waals surface area (Å²) in [7, 11) is 1.65. The van der Waals surface area contributed by atoms with E-state index in [0.29, 0.717) is 5.56 Å². The zero-order valence-electron chi connectivity index (χ0n) is 42.7. The van der Waals surface area contributed by atoms with Gasteiger partial charge in [-0.15, -0.1) is 0 Å². The quantitative estimate of drug-likeness (QED) is 0.0861. The van der Waals surface area contributed by atoms with Crippen molar-refractivity contribution in [2.24, 2.45) is 17.6 Å². The van der Waals surface area contributed by atoms with Crippen LogP contribution in [0.25, 0.3) is 12.2 Å². The Kier molecular flexibility index (Phi) is 30.7. The number of esters is 2. The number of hydrogen-bond acceptors (Lipinski definition) is 11. The summed E-state index contributed by atoms with van der Waals surface area (Å²) in [4.78, 5) is 50.5. The van der Waals surface area contributed by atoms with E-state index >= 15 is 0 Å². The Labute approximate surface area is 435 Å². The number of ether oxygens (including phenoxy) is 4. The molecule has 0 unspecified atom stereocenters. The van der Waals surface area contributed by atoms with E-state index in [9.17, 15) is 23.6 Å². The molecule has 2 fully saturated rings. The first kappa shape index (κ1) is 62.2. The summed E-state index contributed by atoms with van der Waals surface area (Å²) in [5, 5.41) is 11.6. The number of amides is 1. The lowest BCUT2D eigenvalue weighted by Crippen LogP contribution is -2.45. The summed E-state index contributed by atoms with van der Waals surface area (Å²) in [6.07, 6.45) is 7.33. The van der Waals surface area contributed by atoms with Gasteiger partial charge >= 0.3 is 17.9 Å². The Morgan fingerprint density at radius 1 is 0.671 bits per heavy atom. The lowest BCUT2D eigenvalue weighted by Gasteiger charge is -2.26. The number of methoxy groups -OCH3 is 2. The molecule has 4 aromatic rings. The van der Waals surface area contributed by atoms with Crippen LogP contribution in [0.5, 0.6) is 0 Å². The van der Waals surface area contributed by atoms with Gasteiger partial charge in [0.25, 0.3) is 5.91 Å². The van der Waals surface area contributed by atoms with Crippen molar-refractivity contribution in [3.8, 4) is 23.7 Å². The van der Waals surface area contributed by atoms with E-state index in [4.69, 9.17) is 26.4 Å². The molecule has 2 heterocycles. The molecule has 394 valence electrons. The molecule has 1 amide bonds. The normalized spacial score (nSPS) is 14.1. The van der Waals surface area contributed by atoms with Gasteiger partial charge < -0.3 is 35.1 Å². The molecule has 0 radical (unpaired) electrons. The third kappa shape index (κ3) is 24.4. The number of morpholine rings is 2. The van der Waals surface area contributed by atoms with Crippen molar-refractivity contribution >= 4 is 36.0 Å². The summed E-state index contributed by atoms with van der Waals surface area (Å²) in [5.41, 5.74) is 12.5. The number of nitrogens with one attached hydrogen (secondary N) is 1. The number of benzene rings is 4. The number of rotatable bonds is 13. The third-order valence-corrected chi connectivity index (χ3v) is 11.0. The summed E-state index contributed by atoms with van der Waals surface area (Å²) in [6.45, 7) is 16.5. The highest BCUT2D eigenvalue weighted by molar-refractivity contribution is 5.97. The largest absolute Gasteiger partial charge is 0.478 e. The number of halogens is 1. The van der Waals surface area contributed by atoms with Crippen molar-refractivity contribution in [3.63, 3.8) is 0 Å². The molecule has 2 saturated heterocycles. The molecule has 0 bridgehead atoms. The molecule has 14 heteroatoms. The Morgan fingerprint density at radius 3 is 1.38 bits per heavy atom. The molecule has 4 N–H and O–H groups in total. The Hall–Kier alpha value is -6.91. The number of carbonyl (C=O) groups excluding carboxylic acids is 3. The summed E-state index contributed by atoms with van der Waals surface area (Å²) in [5.74, 6) is 10.4. The SMILES string of the molecule is C.C.COC(=O)[C@@H](N)C(C)C.COC(=O)[C@@H](NC(=O)c1ccc(C=CC#Cc2ccc(CN3CCOCC3)cc2)cc1)C(C)C.O=C(O)c1ccc(C=CC#Cc2ccc(CN3CCOCC3)cc2)cc1.[2H]CF. The van der Waals surface area contributed by atoms with Crippen LogP contribution in [0.3, 0.4) is 0 Å². The van der Waals surface area contributed by atoms with Crippen molar-refractivity contribution in [1.82, 2.24) is 15.1 Å². The van der Waals surface area contributed by atoms with Crippen LogP contribution in [0, 0.1) is 35.5 Å². The molecule has 13 nitrogen and oxygen atoms in total. The zero-order chi connectivity index (χ0) is 52.7. The molecule has 0 saturated carbocycles. The van der Waals surface area contributed by atoms with Crippen molar-refractivity contribution in [1.29, 1.82) is 0 Å². The smallest absolute Gasteiger partial charge is 0.335 e. The molecule has 0 aliphatic carbocycles. The Bertz CT molecular complexity index is 2450. The number of nitrogens with zero attached hydrogens (tertiary/aromatic N) is 2. The predicted octanol–water partition coefficient (Wildman–Crippen LogP) is 8.79. The van der Waals surface area contributed by atoms with Crippen LogP contribution >= 0.6 is 0 Å². The van der Waals surface area contributed by atoms with Crippen LogP contribution in [0.2, 0.25) is 0 Å². The first-order valence-corrected chi connectivity index (χ1v) is 23.3. The van der Waals surface area contributed by atoms with E-state index in [-0.39, 0.29) is 44.1 Å². The fraction of sp³-hybridized carbons (Fsp3) is 0.390. The number of carboxylic acids is 1. The van der Waals surface area contributed by atoms with Gasteiger partial charge in [-0.1, -0.05) is 115 Å². The summed E-state index contributed by atoms with van der Waals surface area (Å²) in [6, 6.07) is 29.3. The van der Waals surface area contributed by atoms with E-state index < -0.39 is 31.2 Å². The summed E-state index contributed by atoms with van der Waals surface area (Å²) >= 11 is 0. The minimum absolute atomic E-state index is 0. The minimum Gasteiger partial charge on any atom is -0.478 e. The van der Waals surface area contributed by atoms with Crippen LogP contribution in [0.15, 0.2) is 109 Å². The van der Waals surface area contributed by atoms with Crippen molar-refractivity contribution in [2.75, 3.05) is 74.0 Å². The summed E-state index contributed by atoms with van der Waals surface area (Å²) < 4.78 is 35.4. The molecule has 6 rings (SSSR count). The molecule has 0 aromatic heterocycles. The number of alkyl halides is 1. The molecule has 0 spiro atoms. The Balaban J connectivity index is 0.000000605. The first-order valence-electron chi connectivity index (χ1n) is 24.0. The highest BCUT2D eigenvalue weighted by atomic mass is 19.1. The second kappa shape index (κ2) is 36.1. The molecule has 2 aliphatic rings. The van der Waals surface area contributed by atoms with Gasteiger partial charge in [-0.2, -0.15) is 0 Å². The molecule has 4 aromatic carbocycles. The van der Waals surface area contributed by atoms with Gasteiger partial charge in [0.1, 0.15) is 12.1 Å². The van der Waals surface area contributed by atoms with E-state index in [1.807, 2.05) is 76.2 Å². The van der Waals surface area contributed by atoms with Crippen LogP contribution in [-0.4, -0.2) is 125 Å². The van der Waals surface area contributed by atoms with Gasteiger partial charge in [0.2, 0.25) is 0 Å². The number of hydrogen-bond donors (Lipinski definition) is 3. The standard InChI is InChI=1S/C28H32N2O4.C22H21NO3.C6H13NO2.CH3F.2CH4/c1-21(2)26(28(32)33-3)29-27(31)25-14-12-23(13-15-25)7-5-4-6-22-8-10-24(11-9-22)20-30-16-18-34-19-17-30;24-22(25)21-11-9-19(10-12-21)4-2-1-3-18-5-7-20(8-6-18)17-23-13-15-26-16-14-23;1-4(2)5(7)6(8)9-3;1-2;;/h5,7-15,21,26H,16-20H2,1-3H3,(H,29,31);2,4-12H,13-17H2,(H,24,25);4-5H,7H2,1-3H3;1H3;2*1H4/t26-;;5-;;;/m0.0.../s1/i;;;1D;;. The third-order valence-electron chi connectivity index (χ3n) is 11.0. The molecular weight excluding hydrogens is 928 g/mol. The van der Waals surface area contributed by atoms with Crippen LogP contribution in [0.1, 0.15) is 98.0 Å². The highest BCUT2D eigenvalue weighted by Gasteiger charge is 2.25. The number of aromatic carboxylic acids is 1. The van der Waals surface area contributed by atoms with Crippen LogP contribution in [0.4, 0.5) is 4.39 Å².